The number of fused-ring (bicyclic) bond motifs is 3. The van der Waals surface area contributed by atoms with E-state index in [1.807, 2.05) is 6.07 Å². The van der Waals surface area contributed by atoms with Crippen LogP contribution >= 0.6 is 0 Å². The molecule has 0 unspecified atom stereocenters. The highest BCUT2D eigenvalue weighted by molar-refractivity contribution is 5.94. The number of piperidine rings is 1. The Morgan fingerprint density at radius 2 is 2.00 bits per heavy atom. The van der Waals surface area contributed by atoms with Gasteiger partial charge in [0.25, 0.3) is 6.43 Å². The molecule has 1 amide bonds. The lowest BCUT2D eigenvalue weighted by Gasteiger charge is -2.39. The van der Waals surface area contributed by atoms with Crippen LogP contribution in [0.4, 0.5) is 19.0 Å². The highest BCUT2D eigenvalue weighted by Crippen LogP contribution is 2.46. The third kappa shape index (κ3) is 4.85. The zero-order valence-electron chi connectivity index (χ0n) is 21.6. The molecule has 0 aliphatic carbocycles. The Bertz CT molecular complexity index is 1480. The third-order valence-electron chi connectivity index (χ3n) is 7.54. The number of benzene rings is 2. The van der Waals surface area contributed by atoms with Gasteiger partial charge in [0.05, 0.1) is 35.4 Å². The first kappa shape index (κ1) is 26.7. The SMILES string of the molecule is Cc1nc(N[C@H](C)c2cccc(C(F)F)c2F)c2cc(C3(O)CCN(C(=O)CC#N)CC3)c3c(c2n1)CCO3. The van der Waals surface area contributed by atoms with Gasteiger partial charge in [-0.2, -0.15) is 5.26 Å². The fourth-order valence-corrected chi connectivity index (χ4v) is 5.46. The van der Waals surface area contributed by atoms with Gasteiger partial charge < -0.3 is 20.1 Å². The van der Waals surface area contributed by atoms with Crippen LogP contribution in [0.15, 0.2) is 24.3 Å². The Balaban J connectivity index is 1.55. The number of alkyl halides is 2. The number of anilines is 1. The van der Waals surface area contributed by atoms with Gasteiger partial charge in [-0.25, -0.2) is 23.1 Å². The van der Waals surface area contributed by atoms with Gasteiger partial charge >= 0.3 is 0 Å². The van der Waals surface area contributed by atoms with Gasteiger partial charge in [0, 0.05) is 41.6 Å². The van der Waals surface area contributed by atoms with Crippen LogP contribution in [-0.2, 0) is 16.8 Å². The van der Waals surface area contributed by atoms with Gasteiger partial charge in [-0.1, -0.05) is 18.2 Å². The molecule has 2 aliphatic heterocycles. The van der Waals surface area contributed by atoms with Crippen LogP contribution in [0.5, 0.6) is 5.75 Å². The average Bonchev–Trinajstić information content (AvgIpc) is 3.39. The zero-order chi connectivity index (χ0) is 27.9. The van der Waals surface area contributed by atoms with E-state index in [0.29, 0.717) is 46.9 Å². The van der Waals surface area contributed by atoms with Crippen LogP contribution in [0.3, 0.4) is 0 Å². The van der Waals surface area contributed by atoms with E-state index >= 15 is 0 Å². The summed E-state index contributed by atoms with van der Waals surface area (Å²) in [5, 5.41) is 24.4. The molecule has 3 heterocycles. The lowest BCUT2D eigenvalue weighted by atomic mass is 9.82. The van der Waals surface area contributed by atoms with Crippen molar-refractivity contribution in [3.63, 3.8) is 0 Å². The fraction of sp³-hybridized carbons (Fsp3) is 0.429. The number of ether oxygens (including phenoxy) is 1. The number of hydrogen-bond donors (Lipinski definition) is 2. The first-order chi connectivity index (χ1) is 18.6. The summed E-state index contributed by atoms with van der Waals surface area (Å²) < 4.78 is 47.5. The summed E-state index contributed by atoms with van der Waals surface area (Å²) >= 11 is 0. The molecule has 0 radical (unpaired) electrons. The summed E-state index contributed by atoms with van der Waals surface area (Å²) in [5.41, 5.74) is 0.145. The number of aryl methyl sites for hydroxylation is 1. The van der Waals surface area contributed by atoms with Gasteiger partial charge in [-0.05, 0) is 32.8 Å². The molecule has 11 heteroatoms. The molecule has 2 aromatic carbocycles. The molecule has 2 N–H and O–H groups in total. The van der Waals surface area contributed by atoms with Crippen molar-refractivity contribution in [2.24, 2.45) is 0 Å². The zero-order valence-corrected chi connectivity index (χ0v) is 21.6. The van der Waals surface area contributed by atoms with Crippen LogP contribution in [0, 0.1) is 24.1 Å². The van der Waals surface area contributed by atoms with Crippen molar-refractivity contribution in [1.82, 2.24) is 14.9 Å². The monoisotopic (exact) mass is 539 g/mol. The van der Waals surface area contributed by atoms with Gasteiger partial charge in [-0.15, -0.1) is 0 Å². The fourth-order valence-electron chi connectivity index (χ4n) is 5.46. The maximum atomic E-state index is 14.9. The van der Waals surface area contributed by atoms with Crippen molar-refractivity contribution >= 4 is 22.6 Å². The van der Waals surface area contributed by atoms with Gasteiger partial charge in [0.2, 0.25) is 5.91 Å². The lowest BCUT2D eigenvalue weighted by molar-refractivity contribution is -0.134. The number of aliphatic hydroxyl groups is 1. The van der Waals surface area contributed by atoms with Crippen molar-refractivity contribution < 1.29 is 27.8 Å². The molecule has 204 valence electrons. The average molecular weight is 540 g/mol. The summed E-state index contributed by atoms with van der Waals surface area (Å²) in [4.78, 5) is 22.9. The summed E-state index contributed by atoms with van der Waals surface area (Å²) in [6, 6.07) is 6.85. The topological polar surface area (TPSA) is 111 Å². The molecule has 2 aliphatic rings. The van der Waals surface area contributed by atoms with Gasteiger partial charge in [-0.3, -0.25) is 4.79 Å². The normalized spacial score (nSPS) is 17.0. The Kier molecular flexibility index (Phi) is 7.07. The second-order valence-corrected chi connectivity index (χ2v) is 10.0. The highest BCUT2D eigenvalue weighted by atomic mass is 19.3. The minimum atomic E-state index is -2.94. The minimum Gasteiger partial charge on any atom is -0.492 e. The quantitative estimate of drug-likeness (QED) is 0.461. The summed E-state index contributed by atoms with van der Waals surface area (Å²) in [6.07, 6.45) is -2.07. The first-order valence-electron chi connectivity index (χ1n) is 12.8. The van der Waals surface area contributed by atoms with Crippen LogP contribution in [0.2, 0.25) is 0 Å². The molecule has 1 fully saturated rings. The van der Waals surface area contributed by atoms with E-state index in [1.54, 1.807) is 24.8 Å². The molecule has 1 atom stereocenters. The van der Waals surface area contributed by atoms with Crippen LogP contribution < -0.4 is 10.1 Å². The van der Waals surface area contributed by atoms with Crippen molar-refractivity contribution in [3.8, 4) is 11.8 Å². The van der Waals surface area contributed by atoms with Crippen molar-refractivity contribution in [3.05, 3.63) is 58.2 Å². The maximum Gasteiger partial charge on any atom is 0.266 e. The number of carbonyl (C=O) groups is 1. The van der Waals surface area contributed by atoms with Gasteiger partial charge in [0.15, 0.2) is 0 Å². The van der Waals surface area contributed by atoms with Crippen LogP contribution in [0.25, 0.3) is 10.9 Å². The van der Waals surface area contributed by atoms with Crippen LogP contribution in [-0.4, -0.2) is 45.6 Å². The number of carbonyl (C=O) groups excluding carboxylic acids is 1. The molecule has 8 nitrogen and oxygen atoms in total. The number of nitriles is 1. The Morgan fingerprint density at radius 1 is 1.28 bits per heavy atom. The molecule has 3 aromatic rings. The van der Waals surface area contributed by atoms with E-state index < -0.39 is 29.4 Å². The number of amides is 1. The third-order valence-corrected chi connectivity index (χ3v) is 7.54. The first-order valence-corrected chi connectivity index (χ1v) is 12.8. The van der Waals surface area contributed by atoms with E-state index in [4.69, 9.17) is 10.00 Å². The second-order valence-electron chi connectivity index (χ2n) is 10.0. The van der Waals surface area contributed by atoms with E-state index in [0.717, 1.165) is 11.6 Å². The van der Waals surface area contributed by atoms with Crippen LogP contribution in [0.1, 0.15) is 66.7 Å². The highest BCUT2D eigenvalue weighted by Gasteiger charge is 2.40. The molecule has 0 bridgehead atoms. The smallest absolute Gasteiger partial charge is 0.266 e. The molecular formula is C28H28F3N5O3. The Morgan fingerprint density at radius 3 is 2.69 bits per heavy atom. The summed E-state index contributed by atoms with van der Waals surface area (Å²) in [5.74, 6) is 0.170. The number of likely N-dealkylation sites (tertiary alicyclic amines) is 1. The number of nitrogens with zero attached hydrogens (tertiary/aromatic N) is 4. The molecule has 1 saturated heterocycles. The predicted molar refractivity (Wildman–Crippen MR) is 137 cm³/mol. The number of halogens is 3. The number of rotatable bonds is 6. The van der Waals surface area contributed by atoms with Gasteiger partial charge in [0.1, 0.15) is 29.6 Å². The van der Waals surface area contributed by atoms with E-state index in [-0.39, 0.29) is 43.8 Å². The lowest BCUT2D eigenvalue weighted by Crippen LogP contribution is -2.45. The predicted octanol–water partition coefficient (Wildman–Crippen LogP) is 4.85. The Labute approximate surface area is 223 Å². The maximum absolute atomic E-state index is 14.9. The number of hydrogen-bond acceptors (Lipinski definition) is 7. The largest absolute Gasteiger partial charge is 0.492 e. The Hall–Kier alpha value is -3.91. The molecule has 1 aromatic heterocycles. The second kappa shape index (κ2) is 10.3. The minimum absolute atomic E-state index is 0.0787. The van der Waals surface area contributed by atoms with E-state index in [9.17, 15) is 23.1 Å². The standard InChI is InChI=1S/C28H28F3N5O3/c1-15(17-4-3-5-18(23(17)29)26(30)31)33-27-20-14-21(25-19(7-13-39-25)24(20)34-16(2)35-27)28(38)8-11-36(12-9-28)22(37)6-10-32/h3-5,14-15,26,38H,6-9,11-13H2,1-2H3,(H,33,34,35)/t15-/m1/s1. The van der Waals surface area contributed by atoms with Crippen molar-refractivity contribution in [2.45, 2.75) is 57.6 Å². The number of aromatic nitrogens is 2. The summed E-state index contributed by atoms with van der Waals surface area (Å²) in [6.45, 7) is 4.38. The summed E-state index contributed by atoms with van der Waals surface area (Å²) in [7, 11) is 0. The van der Waals surface area contributed by atoms with E-state index in [1.165, 1.54) is 12.1 Å². The molecule has 0 spiro atoms. The molecule has 0 saturated carbocycles. The van der Waals surface area contributed by atoms with E-state index in [2.05, 4.69) is 15.3 Å². The molecule has 39 heavy (non-hydrogen) atoms. The number of nitrogens with one attached hydrogen (secondary N) is 1. The molecule has 5 rings (SSSR count). The van der Waals surface area contributed by atoms with Crippen molar-refractivity contribution in [1.29, 1.82) is 5.26 Å². The van der Waals surface area contributed by atoms with Crippen molar-refractivity contribution in [2.75, 3.05) is 25.0 Å². The molecular weight excluding hydrogens is 511 g/mol.